The predicted molar refractivity (Wildman–Crippen MR) is 112 cm³/mol. The number of rotatable bonds is 7. The molecule has 3 rings (SSSR count). The molecule has 0 bridgehead atoms. The summed E-state index contributed by atoms with van der Waals surface area (Å²) in [4.78, 5) is 23.3. The van der Waals surface area contributed by atoms with Gasteiger partial charge in [0.25, 0.3) is 0 Å². The van der Waals surface area contributed by atoms with E-state index in [1.165, 1.54) is 6.08 Å². The molecule has 0 unspecified atom stereocenters. The summed E-state index contributed by atoms with van der Waals surface area (Å²) in [5, 5.41) is 13.4. The van der Waals surface area contributed by atoms with Crippen molar-refractivity contribution in [1.82, 2.24) is 9.78 Å². The Morgan fingerprint density at radius 2 is 1.79 bits per heavy atom. The van der Waals surface area contributed by atoms with E-state index in [9.17, 15) is 9.59 Å². The molecule has 0 radical (unpaired) electrons. The van der Waals surface area contributed by atoms with Crippen LogP contribution in [-0.2, 0) is 11.3 Å². The molecule has 28 heavy (non-hydrogen) atoms. The molecule has 1 N–H and O–H groups in total. The van der Waals surface area contributed by atoms with Crippen LogP contribution in [0.5, 0.6) is 0 Å². The first-order valence-electron chi connectivity index (χ1n) is 8.76. The minimum Gasteiger partial charge on any atom is -0.481 e. The summed E-state index contributed by atoms with van der Waals surface area (Å²) >= 11 is 3.36. The molecule has 0 amide bonds. The molecule has 2 aromatic carbocycles. The van der Waals surface area contributed by atoms with Gasteiger partial charge >= 0.3 is 5.97 Å². The molecule has 0 aliphatic carbocycles. The van der Waals surface area contributed by atoms with Crippen LogP contribution in [0.25, 0.3) is 17.3 Å². The Bertz CT molecular complexity index is 1020. The second kappa shape index (κ2) is 8.80. The third-order valence-corrected chi connectivity index (χ3v) is 4.74. The number of aliphatic carboxylic acids is 1. The summed E-state index contributed by atoms with van der Waals surface area (Å²) in [6.45, 7) is 2.27. The molecule has 0 fully saturated rings. The van der Waals surface area contributed by atoms with Gasteiger partial charge in [0.2, 0.25) is 0 Å². The number of hydrogen-bond donors (Lipinski definition) is 1. The number of carbonyl (C=O) groups is 2. The first kappa shape index (κ1) is 19.8. The van der Waals surface area contributed by atoms with Crippen molar-refractivity contribution in [1.29, 1.82) is 0 Å². The highest BCUT2D eigenvalue weighted by Crippen LogP contribution is 2.24. The van der Waals surface area contributed by atoms with Crippen molar-refractivity contribution in [2.75, 3.05) is 0 Å². The van der Waals surface area contributed by atoms with Crippen LogP contribution in [0.2, 0.25) is 0 Å². The topological polar surface area (TPSA) is 72.2 Å². The van der Waals surface area contributed by atoms with Crippen molar-refractivity contribution in [3.8, 4) is 11.3 Å². The predicted octanol–water partition coefficient (Wildman–Crippen LogP) is 4.99. The maximum absolute atomic E-state index is 12.4. The third kappa shape index (κ3) is 5.04. The molecule has 142 valence electrons. The van der Waals surface area contributed by atoms with E-state index < -0.39 is 5.97 Å². The highest BCUT2D eigenvalue weighted by atomic mass is 79.9. The van der Waals surface area contributed by atoms with E-state index >= 15 is 0 Å². The lowest BCUT2D eigenvalue weighted by Gasteiger charge is -2.00. The highest BCUT2D eigenvalue weighted by Gasteiger charge is 2.11. The third-order valence-electron chi connectivity index (χ3n) is 4.21. The normalized spacial score (nSPS) is 11.1. The molecule has 5 nitrogen and oxygen atoms in total. The maximum atomic E-state index is 12.4. The Morgan fingerprint density at radius 1 is 1.11 bits per heavy atom. The lowest BCUT2D eigenvalue weighted by atomic mass is 10.0. The number of benzene rings is 2. The summed E-state index contributed by atoms with van der Waals surface area (Å²) in [6.07, 6.45) is 4.99. The Labute approximate surface area is 171 Å². The van der Waals surface area contributed by atoms with Gasteiger partial charge in [-0.2, -0.15) is 5.10 Å². The lowest BCUT2D eigenvalue weighted by Crippen LogP contribution is -2.04. The summed E-state index contributed by atoms with van der Waals surface area (Å²) in [6, 6.07) is 15.1. The molecule has 0 saturated carbocycles. The number of halogens is 1. The number of allylic oxidation sites excluding steroid dienone is 1. The highest BCUT2D eigenvalue weighted by molar-refractivity contribution is 9.10. The molecule has 0 aliphatic rings. The van der Waals surface area contributed by atoms with Crippen LogP contribution in [0.3, 0.4) is 0 Å². The zero-order valence-corrected chi connectivity index (χ0v) is 16.9. The van der Waals surface area contributed by atoms with Crippen LogP contribution in [0.15, 0.2) is 65.3 Å². The molecule has 1 heterocycles. The molecule has 6 heteroatoms. The van der Waals surface area contributed by atoms with Gasteiger partial charge in [0.05, 0.1) is 18.7 Å². The molecule has 0 spiro atoms. The van der Waals surface area contributed by atoms with Crippen LogP contribution in [0.1, 0.15) is 27.9 Å². The summed E-state index contributed by atoms with van der Waals surface area (Å²) in [7, 11) is 0. The lowest BCUT2D eigenvalue weighted by molar-refractivity contribution is -0.137. The van der Waals surface area contributed by atoms with E-state index in [4.69, 9.17) is 5.11 Å². The molecule has 1 aromatic heterocycles. The van der Waals surface area contributed by atoms with Gasteiger partial charge < -0.3 is 5.11 Å². The van der Waals surface area contributed by atoms with Crippen LogP contribution in [0.4, 0.5) is 0 Å². The van der Waals surface area contributed by atoms with Crippen LogP contribution in [0, 0.1) is 6.92 Å². The smallest absolute Gasteiger partial charge is 0.305 e. The van der Waals surface area contributed by atoms with Gasteiger partial charge in [0.1, 0.15) is 0 Å². The maximum Gasteiger partial charge on any atom is 0.305 e. The van der Waals surface area contributed by atoms with Crippen LogP contribution >= 0.6 is 15.9 Å². The summed E-state index contributed by atoms with van der Waals surface area (Å²) in [5.41, 5.74) is 4.12. The largest absolute Gasteiger partial charge is 0.481 e. The minimum absolute atomic E-state index is 0.0179. The average molecular weight is 439 g/mol. The van der Waals surface area contributed by atoms with Crippen molar-refractivity contribution in [2.24, 2.45) is 0 Å². The Hall–Kier alpha value is -2.99. The van der Waals surface area contributed by atoms with Crippen molar-refractivity contribution in [2.45, 2.75) is 19.9 Å². The first-order valence-corrected chi connectivity index (χ1v) is 9.56. The van der Waals surface area contributed by atoms with Gasteiger partial charge in [-0.3, -0.25) is 14.3 Å². The number of aryl methyl sites for hydroxylation is 2. The number of nitrogens with zero attached hydrogens (tertiary/aromatic N) is 2. The fourth-order valence-electron chi connectivity index (χ4n) is 2.70. The molecule has 0 atom stereocenters. The van der Waals surface area contributed by atoms with Crippen LogP contribution < -0.4 is 0 Å². The van der Waals surface area contributed by atoms with Gasteiger partial charge in [-0.05, 0) is 43.3 Å². The molecular formula is C22H19BrN2O3. The fourth-order valence-corrected chi connectivity index (χ4v) is 2.96. The van der Waals surface area contributed by atoms with Gasteiger partial charge in [-0.25, -0.2) is 0 Å². The van der Waals surface area contributed by atoms with Crippen molar-refractivity contribution < 1.29 is 14.7 Å². The van der Waals surface area contributed by atoms with E-state index in [-0.39, 0.29) is 18.7 Å². The zero-order chi connectivity index (χ0) is 20.1. The van der Waals surface area contributed by atoms with Gasteiger partial charge in [0, 0.05) is 27.4 Å². The fraction of sp³-hybridized carbons (Fsp3) is 0.136. The number of hydrogen-bond acceptors (Lipinski definition) is 3. The minimum atomic E-state index is -0.880. The molecular weight excluding hydrogens is 420 g/mol. The number of ketones is 1. The van der Waals surface area contributed by atoms with Gasteiger partial charge in [-0.15, -0.1) is 0 Å². The quantitative estimate of drug-likeness (QED) is 0.416. The van der Waals surface area contributed by atoms with Crippen molar-refractivity contribution in [3.63, 3.8) is 0 Å². The second-order valence-corrected chi connectivity index (χ2v) is 7.33. The standard InChI is InChI=1S/C22H19BrN2O3/c1-15-2-4-17(5-3-15)22-18(14-25(24-22)13-12-21(27)28)8-11-20(26)16-6-9-19(23)10-7-16/h2-11,14H,12-13H2,1H3,(H,27,28). The van der Waals surface area contributed by atoms with E-state index in [2.05, 4.69) is 21.0 Å². The number of carboxylic acids is 1. The van der Waals surface area contributed by atoms with E-state index in [0.717, 1.165) is 21.2 Å². The zero-order valence-electron chi connectivity index (χ0n) is 15.3. The van der Waals surface area contributed by atoms with Crippen molar-refractivity contribution in [3.05, 3.63) is 82.0 Å². The van der Waals surface area contributed by atoms with E-state index in [1.54, 1.807) is 29.1 Å². The Morgan fingerprint density at radius 3 is 2.43 bits per heavy atom. The first-order chi connectivity index (χ1) is 13.4. The SMILES string of the molecule is Cc1ccc(-c2nn(CCC(=O)O)cc2C=CC(=O)c2ccc(Br)cc2)cc1. The van der Waals surface area contributed by atoms with E-state index in [0.29, 0.717) is 11.3 Å². The second-order valence-electron chi connectivity index (χ2n) is 6.41. The molecule has 0 saturated heterocycles. The molecule has 3 aromatic rings. The van der Waals surface area contributed by atoms with E-state index in [1.807, 2.05) is 43.3 Å². The van der Waals surface area contributed by atoms with Crippen LogP contribution in [-0.4, -0.2) is 26.6 Å². The Kier molecular flexibility index (Phi) is 6.21. The van der Waals surface area contributed by atoms with Gasteiger partial charge in [0.15, 0.2) is 5.78 Å². The summed E-state index contributed by atoms with van der Waals surface area (Å²) < 4.78 is 2.52. The number of aromatic nitrogens is 2. The monoisotopic (exact) mass is 438 g/mol. The molecule has 0 aliphatic heterocycles. The summed E-state index contributed by atoms with van der Waals surface area (Å²) in [5.74, 6) is -0.990. The number of carboxylic acid groups (broad SMARTS) is 1. The van der Waals surface area contributed by atoms with Gasteiger partial charge in [-0.1, -0.05) is 45.8 Å². The average Bonchev–Trinajstić information content (AvgIpc) is 3.09. The Balaban J connectivity index is 1.90. The number of carbonyl (C=O) groups excluding carboxylic acids is 1. The van der Waals surface area contributed by atoms with Crippen molar-refractivity contribution >= 4 is 33.8 Å².